The van der Waals surface area contributed by atoms with Crippen LogP contribution in [0.3, 0.4) is 0 Å². The maximum absolute atomic E-state index is 12.5. The van der Waals surface area contributed by atoms with Crippen LogP contribution in [0.5, 0.6) is 0 Å². The van der Waals surface area contributed by atoms with Crippen molar-refractivity contribution in [2.75, 3.05) is 6.54 Å². The smallest absolute Gasteiger partial charge is 0.410 e. The molecular formula is C26H29N5O3. The quantitative estimate of drug-likeness (QED) is 0.395. The molecule has 0 atom stereocenters. The van der Waals surface area contributed by atoms with Crippen molar-refractivity contribution in [1.82, 2.24) is 24.8 Å². The Morgan fingerprint density at radius 1 is 1.18 bits per heavy atom. The maximum Gasteiger partial charge on any atom is 0.410 e. The SMILES string of the molecule is CC(C)n1ncc2cc(-c3nc(-c4cccc5c4CCN(C(=O)OC(C)(C)C)C5)no3)ccc21. The molecule has 0 N–H and O–H groups in total. The fourth-order valence-corrected chi connectivity index (χ4v) is 4.35. The number of aromatic nitrogens is 4. The van der Waals surface area contributed by atoms with Crippen LogP contribution in [0.25, 0.3) is 33.7 Å². The molecule has 34 heavy (non-hydrogen) atoms. The van der Waals surface area contributed by atoms with Gasteiger partial charge in [0.15, 0.2) is 0 Å². The highest BCUT2D eigenvalue weighted by Gasteiger charge is 2.27. The lowest BCUT2D eigenvalue weighted by molar-refractivity contribution is 0.0224. The average Bonchev–Trinajstić information content (AvgIpc) is 3.44. The van der Waals surface area contributed by atoms with Crippen LogP contribution in [0.4, 0.5) is 4.79 Å². The summed E-state index contributed by atoms with van der Waals surface area (Å²) in [6.45, 7) is 10.9. The van der Waals surface area contributed by atoms with Crippen LogP contribution >= 0.6 is 0 Å². The summed E-state index contributed by atoms with van der Waals surface area (Å²) in [5.74, 6) is 1.02. The van der Waals surface area contributed by atoms with E-state index in [0.717, 1.165) is 33.2 Å². The van der Waals surface area contributed by atoms with Crippen LogP contribution in [0.1, 0.15) is 51.8 Å². The summed E-state index contributed by atoms with van der Waals surface area (Å²) < 4.78 is 13.2. The minimum absolute atomic E-state index is 0.286. The van der Waals surface area contributed by atoms with Gasteiger partial charge in [-0.3, -0.25) is 4.68 Å². The number of carbonyl (C=O) groups excluding carboxylic acids is 1. The average molecular weight is 460 g/mol. The lowest BCUT2D eigenvalue weighted by atomic mass is 9.94. The number of hydrogen-bond donors (Lipinski definition) is 0. The fourth-order valence-electron chi connectivity index (χ4n) is 4.35. The van der Waals surface area contributed by atoms with E-state index in [2.05, 4.69) is 24.1 Å². The molecule has 176 valence electrons. The zero-order valence-electron chi connectivity index (χ0n) is 20.2. The van der Waals surface area contributed by atoms with E-state index in [9.17, 15) is 4.79 Å². The summed E-state index contributed by atoms with van der Waals surface area (Å²) in [5.41, 5.74) is 4.56. The first-order valence-corrected chi connectivity index (χ1v) is 11.6. The number of fused-ring (bicyclic) bond motifs is 2. The third-order valence-electron chi connectivity index (χ3n) is 5.92. The Bertz CT molecular complexity index is 1360. The predicted molar refractivity (Wildman–Crippen MR) is 129 cm³/mol. The van der Waals surface area contributed by atoms with Gasteiger partial charge in [0, 0.05) is 35.6 Å². The molecule has 0 bridgehead atoms. The fraction of sp³-hybridized carbons (Fsp3) is 0.385. The lowest BCUT2D eigenvalue weighted by Gasteiger charge is -2.31. The maximum atomic E-state index is 12.5. The van der Waals surface area contributed by atoms with Gasteiger partial charge in [-0.1, -0.05) is 23.4 Å². The van der Waals surface area contributed by atoms with Crippen molar-refractivity contribution in [3.05, 3.63) is 53.7 Å². The van der Waals surface area contributed by atoms with Crippen molar-refractivity contribution in [3.8, 4) is 22.8 Å². The van der Waals surface area contributed by atoms with E-state index in [1.165, 1.54) is 0 Å². The third-order valence-corrected chi connectivity index (χ3v) is 5.92. The molecule has 8 heteroatoms. The molecule has 0 fully saturated rings. The molecule has 5 rings (SSSR count). The number of ether oxygens (including phenoxy) is 1. The first kappa shape index (κ1) is 22.1. The van der Waals surface area contributed by atoms with Crippen LogP contribution in [-0.4, -0.2) is 43.1 Å². The third kappa shape index (κ3) is 4.16. The van der Waals surface area contributed by atoms with Crippen molar-refractivity contribution in [2.45, 2.75) is 59.2 Å². The van der Waals surface area contributed by atoms with Gasteiger partial charge in [-0.25, -0.2) is 4.79 Å². The standard InChI is InChI=1S/C26H29N5O3/c1-16(2)31-22-10-9-17(13-19(22)14-27-31)24-28-23(29-34-24)21-8-6-7-18-15-30(12-11-20(18)21)25(32)33-26(3,4)5/h6-10,13-14,16H,11-12,15H2,1-5H3. The largest absolute Gasteiger partial charge is 0.444 e. The van der Waals surface area contributed by atoms with Gasteiger partial charge in [0.25, 0.3) is 5.89 Å². The Labute approximate surface area is 198 Å². The van der Waals surface area contributed by atoms with Crippen LogP contribution in [0, 0.1) is 0 Å². The zero-order chi connectivity index (χ0) is 24.0. The van der Waals surface area contributed by atoms with Crippen molar-refractivity contribution < 1.29 is 14.1 Å². The molecule has 0 unspecified atom stereocenters. The summed E-state index contributed by atoms with van der Waals surface area (Å²) >= 11 is 0. The van der Waals surface area contributed by atoms with E-state index in [-0.39, 0.29) is 12.1 Å². The number of carbonyl (C=O) groups is 1. The summed E-state index contributed by atoms with van der Waals surface area (Å²) in [6.07, 6.45) is 2.27. The molecule has 0 radical (unpaired) electrons. The van der Waals surface area contributed by atoms with Gasteiger partial charge >= 0.3 is 6.09 Å². The van der Waals surface area contributed by atoms with Crippen molar-refractivity contribution >= 4 is 17.0 Å². The van der Waals surface area contributed by atoms with E-state index in [0.29, 0.717) is 31.2 Å². The first-order chi connectivity index (χ1) is 16.2. The van der Waals surface area contributed by atoms with E-state index in [4.69, 9.17) is 14.2 Å². The van der Waals surface area contributed by atoms with Gasteiger partial charge in [-0.05, 0) is 70.4 Å². The Morgan fingerprint density at radius 3 is 2.76 bits per heavy atom. The van der Waals surface area contributed by atoms with Gasteiger partial charge in [0.1, 0.15) is 5.60 Å². The van der Waals surface area contributed by atoms with Gasteiger partial charge in [-0.15, -0.1) is 0 Å². The van der Waals surface area contributed by atoms with E-state index in [1.54, 1.807) is 4.90 Å². The van der Waals surface area contributed by atoms with Crippen LogP contribution < -0.4 is 0 Å². The Hall–Kier alpha value is -3.68. The van der Waals surface area contributed by atoms with Gasteiger partial charge in [-0.2, -0.15) is 10.1 Å². The number of benzene rings is 2. The molecule has 0 spiro atoms. The number of hydrogen-bond acceptors (Lipinski definition) is 6. The Morgan fingerprint density at radius 2 is 2.00 bits per heavy atom. The van der Waals surface area contributed by atoms with Crippen LogP contribution in [-0.2, 0) is 17.7 Å². The Balaban J connectivity index is 1.41. The second kappa shape index (κ2) is 8.27. The second-order valence-corrected chi connectivity index (χ2v) is 9.97. The van der Waals surface area contributed by atoms with E-state index >= 15 is 0 Å². The number of nitrogens with zero attached hydrogens (tertiary/aromatic N) is 5. The molecular weight excluding hydrogens is 430 g/mol. The first-order valence-electron chi connectivity index (χ1n) is 11.6. The van der Waals surface area contributed by atoms with Crippen molar-refractivity contribution in [1.29, 1.82) is 0 Å². The molecule has 3 heterocycles. The highest BCUT2D eigenvalue weighted by atomic mass is 16.6. The molecule has 2 aromatic heterocycles. The minimum atomic E-state index is -0.517. The van der Waals surface area contributed by atoms with Gasteiger partial charge in [0.05, 0.1) is 11.7 Å². The monoisotopic (exact) mass is 459 g/mol. The van der Waals surface area contributed by atoms with Crippen molar-refractivity contribution in [3.63, 3.8) is 0 Å². The van der Waals surface area contributed by atoms with Gasteiger partial charge < -0.3 is 14.2 Å². The Kier molecular flexibility index (Phi) is 5.38. The van der Waals surface area contributed by atoms with Crippen LogP contribution in [0.2, 0.25) is 0 Å². The molecule has 1 aliphatic rings. The lowest BCUT2D eigenvalue weighted by Crippen LogP contribution is -2.40. The minimum Gasteiger partial charge on any atom is -0.444 e. The highest BCUT2D eigenvalue weighted by molar-refractivity contribution is 5.83. The molecule has 0 aliphatic carbocycles. The summed E-state index contributed by atoms with van der Waals surface area (Å²) in [6, 6.07) is 12.3. The summed E-state index contributed by atoms with van der Waals surface area (Å²) in [7, 11) is 0. The molecule has 0 saturated carbocycles. The topological polar surface area (TPSA) is 86.3 Å². The molecule has 4 aromatic rings. The molecule has 1 aliphatic heterocycles. The summed E-state index contributed by atoms with van der Waals surface area (Å²) in [5, 5.41) is 9.79. The predicted octanol–water partition coefficient (Wildman–Crippen LogP) is 5.63. The summed E-state index contributed by atoms with van der Waals surface area (Å²) in [4.78, 5) is 19.0. The molecule has 8 nitrogen and oxygen atoms in total. The highest BCUT2D eigenvalue weighted by Crippen LogP contribution is 2.31. The second-order valence-electron chi connectivity index (χ2n) is 9.97. The zero-order valence-corrected chi connectivity index (χ0v) is 20.2. The number of rotatable bonds is 3. The van der Waals surface area contributed by atoms with E-state index in [1.807, 2.05) is 68.0 Å². The normalized spacial score (nSPS) is 14.0. The van der Waals surface area contributed by atoms with Crippen LogP contribution in [0.15, 0.2) is 47.1 Å². The molecule has 2 aromatic carbocycles. The van der Waals surface area contributed by atoms with Gasteiger partial charge in [0.2, 0.25) is 5.82 Å². The van der Waals surface area contributed by atoms with E-state index < -0.39 is 5.60 Å². The molecule has 0 saturated heterocycles. The van der Waals surface area contributed by atoms with Crippen molar-refractivity contribution in [2.24, 2.45) is 0 Å². The molecule has 1 amide bonds. The number of amides is 1.